The third-order valence-corrected chi connectivity index (χ3v) is 7.68. The van der Waals surface area contributed by atoms with Crippen molar-refractivity contribution >= 4 is 17.5 Å². The van der Waals surface area contributed by atoms with Gasteiger partial charge in [-0.1, -0.05) is 24.6 Å². The minimum absolute atomic E-state index is 0.0549. The lowest BCUT2D eigenvalue weighted by molar-refractivity contribution is 0.0674. The lowest BCUT2D eigenvalue weighted by atomic mass is 9.66. The molecule has 3 aliphatic heterocycles. The van der Waals surface area contributed by atoms with E-state index < -0.39 is 0 Å². The maximum atomic E-state index is 13.5. The van der Waals surface area contributed by atoms with Crippen molar-refractivity contribution in [3.63, 3.8) is 0 Å². The summed E-state index contributed by atoms with van der Waals surface area (Å²) in [5.74, 6) is 0.164. The summed E-state index contributed by atoms with van der Waals surface area (Å²) in [4.78, 5) is 30.4. The number of para-hydroxylation sites is 1. The van der Waals surface area contributed by atoms with Crippen LogP contribution in [0, 0.1) is 0 Å². The molecule has 0 aromatic heterocycles. The normalized spacial score (nSPS) is 24.0. The molecule has 2 fully saturated rings. The second kappa shape index (κ2) is 6.67. The monoisotopic (exact) mass is 401 g/mol. The molecule has 5 nitrogen and oxygen atoms in total. The zero-order valence-corrected chi connectivity index (χ0v) is 17.2. The summed E-state index contributed by atoms with van der Waals surface area (Å²) in [5.41, 5.74) is 4.99. The summed E-state index contributed by atoms with van der Waals surface area (Å²) in [6.07, 6.45) is 5.72. The van der Waals surface area contributed by atoms with E-state index in [4.69, 9.17) is 0 Å². The van der Waals surface area contributed by atoms with Crippen molar-refractivity contribution in [3.8, 4) is 0 Å². The van der Waals surface area contributed by atoms with Gasteiger partial charge in [-0.25, -0.2) is 0 Å². The van der Waals surface area contributed by atoms with Crippen molar-refractivity contribution in [1.29, 1.82) is 0 Å². The molecule has 2 aromatic rings. The van der Waals surface area contributed by atoms with E-state index in [0.717, 1.165) is 62.1 Å². The highest BCUT2D eigenvalue weighted by Crippen LogP contribution is 2.52. The number of fused-ring (bicyclic) bond motifs is 3. The Bertz CT molecular complexity index is 1040. The third-order valence-electron chi connectivity index (χ3n) is 7.68. The third kappa shape index (κ3) is 2.58. The molecular weight excluding hydrogens is 374 g/mol. The van der Waals surface area contributed by atoms with E-state index in [0.29, 0.717) is 12.1 Å². The van der Waals surface area contributed by atoms with Crippen molar-refractivity contribution in [3.05, 3.63) is 64.7 Å². The Balaban J connectivity index is 1.28. The number of nitrogens with one attached hydrogen (secondary N) is 1. The topological polar surface area (TPSA) is 52.7 Å². The molecule has 5 heteroatoms. The van der Waals surface area contributed by atoms with Crippen LogP contribution in [-0.4, -0.2) is 42.4 Å². The van der Waals surface area contributed by atoms with Gasteiger partial charge in [-0.05, 0) is 67.6 Å². The average Bonchev–Trinajstić information content (AvgIpc) is 3.29. The van der Waals surface area contributed by atoms with Crippen molar-refractivity contribution in [2.75, 3.05) is 24.5 Å². The van der Waals surface area contributed by atoms with Crippen LogP contribution in [0.15, 0.2) is 42.5 Å². The van der Waals surface area contributed by atoms with E-state index >= 15 is 0 Å². The van der Waals surface area contributed by atoms with Crippen molar-refractivity contribution in [2.45, 2.75) is 50.1 Å². The van der Waals surface area contributed by atoms with Crippen molar-refractivity contribution in [1.82, 2.24) is 10.2 Å². The van der Waals surface area contributed by atoms with Gasteiger partial charge < -0.3 is 15.1 Å². The molecule has 3 heterocycles. The molecule has 2 amide bonds. The lowest BCUT2D eigenvalue weighted by Crippen LogP contribution is -2.46. The van der Waals surface area contributed by atoms with Crippen molar-refractivity contribution in [2.24, 2.45) is 0 Å². The van der Waals surface area contributed by atoms with E-state index in [-0.39, 0.29) is 23.3 Å². The number of rotatable bonds is 2. The number of nitrogens with zero attached hydrogens (tertiary/aromatic N) is 2. The molecular formula is C25H27N3O2. The number of hydrogen-bond donors (Lipinski definition) is 1. The summed E-state index contributed by atoms with van der Waals surface area (Å²) < 4.78 is 0. The van der Waals surface area contributed by atoms with Gasteiger partial charge >= 0.3 is 0 Å². The summed E-state index contributed by atoms with van der Waals surface area (Å²) in [7, 11) is 0. The summed E-state index contributed by atoms with van der Waals surface area (Å²) in [6, 6.07) is 14.3. The van der Waals surface area contributed by atoms with E-state index in [1.54, 1.807) is 0 Å². The van der Waals surface area contributed by atoms with E-state index in [2.05, 4.69) is 23.5 Å². The smallest absolute Gasteiger partial charge is 0.258 e. The fourth-order valence-corrected chi connectivity index (χ4v) is 5.87. The van der Waals surface area contributed by atoms with Crippen LogP contribution >= 0.6 is 0 Å². The maximum absolute atomic E-state index is 13.5. The first-order valence-electron chi connectivity index (χ1n) is 11.2. The first-order valence-corrected chi connectivity index (χ1v) is 11.2. The number of benzene rings is 2. The van der Waals surface area contributed by atoms with Crippen LogP contribution in [0.2, 0.25) is 0 Å². The predicted octanol–water partition coefficient (Wildman–Crippen LogP) is 3.48. The van der Waals surface area contributed by atoms with Gasteiger partial charge in [0.25, 0.3) is 11.8 Å². The van der Waals surface area contributed by atoms with Gasteiger partial charge in [0.05, 0.1) is 0 Å². The van der Waals surface area contributed by atoms with Crippen LogP contribution in [0.4, 0.5) is 5.69 Å². The molecule has 1 atom stereocenters. The molecule has 1 spiro atoms. The van der Waals surface area contributed by atoms with Gasteiger partial charge in [-0.15, -0.1) is 0 Å². The standard InChI is InChI=1S/C25H27N3O2/c29-23(28-16-25(10-4-11-25)21-6-1-2-7-22(21)28)17-8-9-20-18(13-17)15-27(24(20)30)19-5-3-12-26-14-19/h1-2,6-9,13,19,26H,3-5,10-12,14-16H2. The van der Waals surface area contributed by atoms with Crippen LogP contribution in [0.3, 0.4) is 0 Å². The number of carbonyl (C=O) groups is 2. The molecule has 4 aliphatic rings. The summed E-state index contributed by atoms with van der Waals surface area (Å²) in [6.45, 7) is 3.28. The van der Waals surface area contributed by atoms with Crippen molar-refractivity contribution < 1.29 is 9.59 Å². The molecule has 6 rings (SSSR count). The number of piperidine rings is 1. The van der Waals surface area contributed by atoms with E-state index in [9.17, 15) is 9.59 Å². The van der Waals surface area contributed by atoms with E-state index in [1.807, 2.05) is 34.1 Å². The number of carbonyl (C=O) groups excluding carboxylic acids is 2. The zero-order valence-electron chi connectivity index (χ0n) is 17.2. The predicted molar refractivity (Wildman–Crippen MR) is 116 cm³/mol. The fraction of sp³-hybridized carbons (Fsp3) is 0.440. The minimum atomic E-state index is 0.0549. The Labute approximate surface area is 177 Å². The number of anilines is 1. The zero-order chi connectivity index (χ0) is 20.3. The summed E-state index contributed by atoms with van der Waals surface area (Å²) in [5, 5.41) is 3.40. The van der Waals surface area contributed by atoms with Gasteiger partial charge in [-0.3, -0.25) is 9.59 Å². The molecule has 1 N–H and O–H groups in total. The molecule has 0 bridgehead atoms. The van der Waals surface area contributed by atoms with Crippen LogP contribution in [-0.2, 0) is 12.0 Å². The second-order valence-electron chi connectivity index (χ2n) is 9.35. The molecule has 0 radical (unpaired) electrons. The van der Waals surface area contributed by atoms with Gasteiger partial charge in [0.15, 0.2) is 0 Å². The Hall–Kier alpha value is -2.66. The van der Waals surface area contributed by atoms with Crippen LogP contribution in [0.1, 0.15) is 63.9 Å². The second-order valence-corrected chi connectivity index (χ2v) is 9.35. The molecule has 154 valence electrons. The average molecular weight is 402 g/mol. The SMILES string of the molecule is O=C(c1ccc2c(c1)CN(C1CCCNC1)C2=O)N1CC2(CCC2)c2ccccc21. The Morgan fingerprint density at radius 3 is 2.73 bits per heavy atom. The maximum Gasteiger partial charge on any atom is 0.258 e. The molecule has 30 heavy (non-hydrogen) atoms. The Morgan fingerprint density at radius 2 is 1.97 bits per heavy atom. The van der Waals surface area contributed by atoms with Gasteiger partial charge in [-0.2, -0.15) is 0 Å². The van der Waals surface area contributed by atoms with Gasteiger partial charge in [0.1, 0.15) is 0 Å². The summed E-state index contributed by atoms with van der Waals surface area (Å²) >= 11 is 0. The highest BCUT2D eigenvalue weighted by Gasteiger charge is 2.48. The Morgan fingerprint density at radius 1 is 1.10 bits per heavy atom. The van der Waals surface area contributed by atoms with Crippen LogP contribution in [0.25, 0.3) is 0 Å². The van der Waals surface area contributed by atoms with Crippen LogP contribution < -0.4 is 10.2 Å². The molecule has 1 saturated heterocycles. The highest BCUT2D eigenvalue weighted by molar-refractivity contribution is 6.09. The van der Waals surface area contributed by atoms with Crippen LogP contribution in [0.5, 0.6) is 0 Å². The first-order chi connectivity index (χ1) is 14.7. The Kier molecular flexibility index (Phi) is 4.03. The molecule has 1 unspecified atom stereocenters. The lowest BCUT2D eigenvalue weighted by Gasteiger charge is -2.39. The number of hydrogen-bond acceptors (Lipinski definition) is 3. The largest absolute Gasteiger partial charge is 0.330 e. The molecule has 1 saturated carbocycles. The van der Waals surface area contributed by atoms with Gasteiger partial charge in [0, 0.05) is 47.9 Å². The minimum Gasteiger partial charge on any atom is -0.330 e. The molecule has 1 aliphatic carbocycles. The molecule has 2 aromatic carbocycles. The first kappa shape index (κ1) is 18.1. The van der Waals surface area contributed by atoms with E-state index in [1.165, 1.54) is 12.0 Å². The number of amides is 2. The quantitative estimate of drug-likeness (QED) is 0.838. The fourth-order valence-electron chi connectivity index (χ4n) is 5.87. The highest BCUT2D eigenvalue weighted by atomic mass is 16.2. The van der Waals surface area contributed by atoms with Gasteiger partial charge in [0.2, 0.25) is 0 Å².